The molecule has 0 saturated carbocycles. The van der Waals surface area contributed by atoms with Gasteiger partial charge in [-0.3, -0.25) is 14.5 Å². The molecule has 2 aliphatic heterocycles. The molecular weight excluding hydrogens is 248 g/mol. The largest absolute Gasteiger partial charge is 0.467 e. The average Bonchev–Trinajstić information content (AvgIpc) is 2.70. The maximum Gasteiger partial charge on any atom is 0.230 e. The van der Waals surface area contributed by atoms with E-state index >= 15 is 0 Å². The van der Waals surface area contributed by atoms with Gasteiger partial charge in [0.25, 0.3) is 0 Å². The van der Waals surface area contributed by atoms with E-state index in [1.54, 1.807) is 12.1 Å². The van der Waals surface area contributed by atoms with Crippen molar-refractivity contribution in [2.75, 3.05) is 12.5 Å². The molecule has 0 radical (unpaired) electrons. The summed E-state index contributed by atoms with van der Waals surface area (Å²) in [6, 6.07) is 3.52. The van der Waals surface area contributed by atoms with Crippen LogP contribution in [0.4, 0.5) is 5.69 Å². The lowest BCUT2D eigenvalue weighted by atomic mass is 10.1. The molecule has 1 saturated heterocycles. The number of benzene rings is 1. The molecule has 19 heavy (non-hydrogen) atoms. The van der Waals surface area contributed by atoms with Crippen molar-refractivity contribution in [2.45, 2.75) is 26.0 Å². The minimum absolute atomic E-state index is 0.145. The van der Waals surface area contributed by atoms with Crippen LogP contribution in [-0.4, -0.2) is 23.5 Å². The Morgan fingerprint density at radius 2 is 1.95 bits per heavy atom. The summed E-state index contributed by atoms with van der Waals surface area (Å²) in [6.45, 7) is 0.812. The number of rotatable bonds is 2. The van der Waals surface area contributed by atoms with Gasteiger partial charge in [-0.1, -0.05) is 0 Å². The topological polar surface area (TPSA) is 81.9 Å². The van der Waals surface area contributed by atoms with Gasteiger partial charge in [-0.25, -0.2) is 0 Å². The van der Waals surface area contributed by atoms with Crippen molar-refractivity contribution in [1.82, 2.24) is 4.90 Å². The number of nitrogens with two attached hydrogens (primary N) is 1. The van der Waals surface area contributed by atoms with Crippen LogP contribution < -0.4 is 10.5 Å². The van der Waals surface area contributed by atoms with Gasteiger partial charge in [0.15, 0.2) is 6.79 Å². The van der Waals surface area contributed by atoms with E-state index in [4.69, 9.17) is 15.2 Å². The lowest BCUT2D eigenvalue weighted by Gasteiger charge is -2.23. The van der Waals surface area contributed by atoms with E-state index in [-0.39, 0.29) is 38.0 Å². The van der Waals surface area contributed by atoms with Crippen LogP contribution in [0.5, 0.6) is 5.75 Å². The Balaban J connectivity index is 1.94. The number of imide groups is 1. The normalized spacial score (nSPS) is 18.4. The Morgan fingerprint density at radius 3 is 2.68 bits per heavy atom. The van der Waals surface area contributed by atoms with Crippen molar-refractivity contribution in [2.24, 2.45) is 0 Å². The molecule has 3 rings (SSSR count). The quantitative estimate of drug-likeness (QED) is 0.629. The monoisotopic (exact) mass is 262 g/mol. The highest BCUT2D eigenvalue weighted by Crippen LogP contribution is 2.32. The second-order valence-corrected chi connectivity index (χ2v) is 4.65. The maximum atomic E-state index is 11.7. The highest BCUT2D eigenvalue weighted by atomic mass is 16.7. The summed E-state index contributed by atoms with van der Waals surface area (Å²) in [7, 11) is 0. The lowest BCUT2D eigenvalue weighted by molar-refractivity contribution is -0.139. The summed E-state index contributed by atoms with van der Waals surface area (Å²) in [6.07, 6.45) is 0.570. The zero-order valence-corrected chi connectivity index (χ0v) is 10.3. The first-order valence-electron chi connectivity index (χ1n) is 6.10. The van der Waals surface area contributed by atoms with Crippen LogP contribution in [0.15, 0.2) is 12.1 Å². The third-order valence-corrected chi connectivity index (χ3v) is 3.29. The third kappa shape index (κ3) is 2.15. The van der Waals surface area contributed by atoms with Crippen LogP contribution in [-0.2, 0) is 27.5 Å². The Kier molecular flexibility index (Phi) is 2.87. The van der Waals surface area contributed by atoms with Crippen LogP contribution >= 0.6 is 0 Å². The molecule has 2 aliphatic rings. The zero-order chi connectivity index (χ0) is 13.4. The van der Waals surface area contributed by atoms with Gasteiger partial charge in [0, 0.05) is 29.7 Å². The summed E-state index contributed by atoms with van der Waals surface area (Å²) in [5.74, 6) is 0.384. The van der Waals surface area contributed by atoms with Crippen molar-refractivity contribution >= 4 is 17.5 Å². The molecule has 6 heteroatoms. The molecule has 0 bridgehead atoms. The first-order chi connectivity index (χ1) is 9.15. The first-order valence-corrected chi connectivity index (χ1v) is 6.10. The van der Waals surface area contributed by atoms with Crippen molar-refractivity contribution in [3.63, 3.8) is 0 Å². The standard InChI is InChI=1S/C13H14N2O4/c14-10-3-8(5-15-11(16)1-2-12(15)17)13-9(4-10)6-18-7-19-13/h3-4H,1-2,5-7,14H2. The summed E-state index contributed by atoms with van der Waals surface area (Å²) in [5.41, 5.74) is 8.00. The molecule has 0 aromatic heterocycles. The van der Waals surface area contributed by atoms with E-state index in [0.717, 1.165) is 11.1 Å². The highest BCUT2D eigenvalue weighted by molar-refractivity contribution is 6.01. The fourth-order valence-corrected chi connectivity index (χ4v) is 2.41. The molecule has 2 amide bonds. The molecule has 2 heterocycles. The Bertz CT molecular complexity index is 540. The SMILES string of the molecule is Nc1cc2c(c(CN3C(=O)CCC3=O)c1)OCOC2. The van der Waals surface area contributed by atoms with Crippen LogP contribution in [0, 0.1) is 0 Å². The van der Waals surface area contributed by atoms with Crippen LogP contribution in [0.2, 0.25) is 0 Å². The minimum atomic E-state index is -0.145. The average molecular weight is 262 g/mol. The number of ether oxygens (including phenoxy) is 2. The predicted octanol–water partition coefficient (Wildman–Crippen LogP) is 0.784. The lowest BCUT2D eigenvalue weighted by Crippen LogP contribution is -2.29. The highest BCUT2D eigenvalue weighted by Gasteiger charge is 2.30. The molecule has 0 atom stereocenters. The van der Waals surface area contributed by atoms with E-state index in [1.807, 2.05) is 0 Å². The van der Waals surface area contributed by atoms with E-state index in [9.17, 15) is 9.59 Å². The predicted molar refractivity (Wildman–Crippen MR) is 65.9 cm³/mol. The van der Waals surface area contributed by atoms with Crippen LogP contribution in [0.3, 0.4) is 0 Å². The third-order valence-electron chi connectivity index (χ3n) is 3.29. The van der Waals surface area contributed by atoms with Gasteiger partial charge in [0.1, 0.15) is 5.75 Å². The van der Waals surface area contributed by atoms with Crippen molar-refractivity contribution in [3.05, 3.63) is 23.3 Å². The number of nitrogens with zero attached hydrogens (tertiary/aromatic N) is 1. The fourth-order valence-electron chi connectivity index (χ4n) is 2.41. The molecule has 0 unspecified atom stereocenters. The van der Waals surface area contributed by atoms with E-state index in [2.05, 4.69) is 0 Å². The maximum absolute atomic E-state index is 11.7. The van der Waals surface area contributed by atoms with Gasteiger partial charge in [-0.05, 0) is 12.1 Å². The Hall–Kier alpha value is -2.08. The van der Waals surface area contributed by atoms with Gasteiger partial charge >= 0.3 is 0 Å². The molecule has 100 valence electrons. The number of carbonyl (C=O) groups is 2. The number of nitrogen functional groups attached to an aromatic ring is 1. The summed E-state index contributed by atoms with van der Waals surface area (Å²) >= 11 is 0. The first kappa shape index (κ1) is 12.0. The second kappa shape index (κ2) is 4.55. The fraction of sp³-hybridized carbons (Fsp3) is 0.385. The second-order valence-electron chi connectivity index (χ2n) is 4.65. The molecule has 1 aromatic rings. The van der Waals surface area contributed by atoms with Crippen molar-refractivity contribution < 1.29 is 19.1 Å². The van der Waals surface area contributed by atoms with Gasteiger partial charge in [0.2, 0.25) is 11.8 Å². The summed E-state index contributed by atoms with van der Waals surface area (Å²) < 4.78 is 10.7. The molecular formula is C13H14N2O4. The molecule has 6 nitrogen and oxygen atoms in total. The number of hydrogen-bond acceptors (Lipinski definition) is 5. The van der Waals surface area contributed by atoms with Gasteiger partial charge < -0.3 is 15.2 Å². The van der Waals surface area contributed by atoms with Crippen molar-refractivity contribution in [1.29, 1.82) is 0 Å². The molecule has 1 fully saturated rings. The Morgan fingerprint density at radius 1 is 1.21 bits per heavy atom. The van der Waals surface area contributed by atoms with E-state index in [0.29, 0.717) is 18.0 Å². The number of amides is 2. The Labute approximate surface area is 110 Å². The number of hydrogen-bond donors (Lipinski definition) is 1. The number of likely N-dealkylation sites (tertiary alicyclic amines) is 1. The van der Waals surface area contributed by atoms with Gasteiger partial charge in [-0.15, -0.1) is 0 Å². The number of anilines is 1. The van der Waals surface area contributed by atoms with Gasteiger partial charge in [0.05, 0.1) is 13.2 Å². The molecule has 0 spiro atoms. The van der Waals surface area contributed by atoms with E-state index in [1.165, 1.54) is 4.90 Å². The number of fused-ring (bicyclic) bond motifs is 1. The summed E-state index contributed by atoms with van der Waals surface area (Å²) in [4.78, 5) is 24.6. The minimum Gasteiger partial charge on any atom is -0.467 e. The molecule has 0 aliphatic carbocycles. The molecule has 2 N–H and O–H groups in total. The van der Waals surface area contributed by atoms with Crippen LogP contribution in [0.25, 0.3) is 0 Å². The van der Waals surface area contributed by atoms with Gasteiger partial charge in [-0.2, -0.15) is 0 Å². The smallest absolute Gasteiger partial charge is 0.230 e. The van der Waals surface area contributed by atoms with E-state index < -0.39 is 0 Å². The number of carbonyl (C=O) groups excluding carboxylic acids is 2. The summed E-state index contributed by atoms with van der Waals surface area (Å²) in [5, 5.41) is 0. The van der Waals surface area contributed by atoms with Crippen LogP contribution in [0.1, 0.15) is 24.0 Å². The molecule has 1 aromatic carbocycles. The van der Waals surface area contributed by atoms with Crippen molar-refractivity contribution in [3.8, 4) is 5.75 Å². The zero-order valence-electron chi connectivity index (χ0n) is 10.3.